The summed E-state index contributed by atoms with van der Waals surface area (Å²) in [5.74, 6) is 0. The Bertz CT molecular complexity index is 798. The second kappa shape index (κ2) is 7.69. The molecule has 0 radical (unpaired) electrons. The number of urea groups is 1. The number of nitrogens with one attached hydrogen (secondary N) is 2. The molecule has 2 aromatic heterocycles. The Morgan fingerprint density at radius 3 is 2.79 bits per heavy atom. The topological polar surface area (TPSA) is 84.7 Å². The minimum absolute atomic E-state index is 0.277. The Morgan fingerprint density at radius 2 is 2.04 bits per heavy atom. The lowest BCUT2D eigenvalue weighted by molar-refractivity contribution is 0.252. The summed E-state index contributed by atoms with van der Waals surface area (Å²) in [6, 6.07) is 9.77. The zero-order valence-corrected chi connectivity index (χ0v) is 14.1. The van der Waals surface area contributed by atoms with Crippen molar-refractivity contribution in [3.8, 4) is 0 Å². The molecule has 8 heteroatoms. The number of aromatic nitrogens is 4. The largest absolute Gasteiger partial charge is 0.337 e. The fraction of sp³-hybridized carbons (Fsp3) is 0.250. The maximum atomic E-state index is 11.9. The Kier molecular flexibility index (Phi) is 5.17. The van der Waals surface area contributed by atoms with Crippen LogP contribution in [-0.4, -0.2) is 32.6 Å². The van der Waals surface area contributed by atoms with E-state index >= 15 is 0 Å². The molecule has 0 saturated carbocycles. The molecule has 2 N–H and O–H groups in total. The molecule has 2 heterocycles. The van der Waals surface area contributed by atoms with Gasteiger partial charge in [0.25, 0.3) is 0 Å². The van der Waals surface area contributed by atoms with Gasteiger partial charge < -0.3 is 5.32 Å². The molecule has 0 bridgehead atoms. The monoisotopic (exact) mass is 342 g/mol. The van der Waals surface area contributed by atoms with Crippen LogP contribution in [-0.2, 0) is 19.9 Å². The van der Waals surface area contributed by atoms with Crippen molar-refractivity contribution in [1.82, 2.24) is 25.3 Å². The van der Waals surface area contributed by atoms with Crippen molar-refractivity contribution in [2.75, 3.05) is 11.9 Å². The van der Waals surface area contributed by atoms with Crippen molar-refractivity contribution in [3.63, 3.8) is 0 Å². The molecule has 24 heavy (non-hydrogen) atoms. The Balaban J connectivity index is 1.44. The summed E-state index contributed by atoms with van der Waals surface area (Å²) in [6.45, 7) is 0.535. The van der Waals surface area contributed by atoms with Crippen LogP contribution in [0.1, 0.15) is 16.1 Å². The van der Waals surface area contributed by atoms with Gasteiger partial charge in [0, 0.05) is 26.2 Å². The summed E-state index contributed by atoms with van der Waals surface area (Å²) in [5.41, 5.74) is 2.25. The van der Waals surface area contributed by atoms with Crippen LogP contribution in [0.5, 0.6) is 0 Å². The fourth-order valence-corrected chi connectivity index (χ4v) is 2.98. The van der Waals surface area contributed by atoms with E-state index in [9.17, 15) is 4.79 Å². The Morgan fingerprint density at radius 1 is 1.21 bits per heavy atom. The first-order valence-corrected chi connectivity index (χ1v) is 8.39. The molecule has 0 atom stereocenters. The van der Waals surface area contributed by atoms with E-state index in [0.29, 0.717) is 18.1 Å². The van der Waals surface area contributed by atoms with Gasteiger partial charge in [0.15, 0.2) is 0 Å². The summed E-state index contributed by atoms with van der Waals surface area (Å²) in [6.07, 6.45) is 5.17. The van der Waals surface area contributed by atoms with Crippen molar-refractivity contribution in [1.29, 1.82) is 0 Å². The third-order valence-corrected chi connectivity index (χ3v) is 4.18. The average molecular weight is 342 g/mol. The van der Waals surface area contributed by atoms with E-state index < -0.39 is 0 Å². The first-order valence-electron chi connectivity index (χ1n) is 7.58. The van der Waals surface area contributed by atoms with Gasteiger partial charge in [-0.1, -0.05) is 41.7 Å². The normalized spacial score (nSPS) is 10.5. The highest BCUT2D eigenvalue weighted by Gasteiger charge is 2.08. The number of carbonyl (C=O) groups is 1. The number of amides is 2. The van der Waals surface area contributed by atoms with E-state index in [-0.39, 0.29) is 6.03 Å². The zero-order valence-electron chi connectivity index (χ0n) is 13.3. The van der Waals surface area contributed by atoms with Crippen LogP contribution in [0.15, 0.2) is 42.7 Å². The third kappa shape index (κ3) is 4.63. The lowest BCUT2D eigenvalue weighted by atomic mass is 10.2. The summed E-state index contributed by atoms with van der Waals surface area (Å²) in [5, 5.41) is 19.1. The molecule has 2 amide bonds. The van der Waals surface area contributed by atoms with Crippen molar-refractivity contribution >= 4 is 22.5 Å². The quantitative estimate of drug-likeness (QED) is 0.719. The molecule has 0 fully saturated rings. The van der Waals surface area contributed by atoms with Crippen molar-refractivity contribution in [2.24, 2.45) is 7.05 Å². The van der Waals surface area contributed by atoms with Crippen LogP contribution in [0.25, 0.3) is 0 Å². The van der Waals surface area contributed by atoms with Crippen molar-refractivity contribution in [3.05, 3.63) is 58.9 Å². The fourth-order valence-electron chi connectivity index (χ4n) is 2.21. The van der Waals surface area contributed by atoms with Crippen LogP contribution < -0.4 is 10.6 Å². The molecular weight excluding hydrogens is 324 g/mol. The number of hydrogen-bond acceptors (Lipinski definition) is 5. The summed E-state index contributed by atoms with van der Waals surface area (Å²) < 4.78 is 1.74. The minimum atomic E-state index is -0.277. The van der Waals surface area contributed by atoms with Crippen LogP contribution in [0.2, 0.25) is 0 Å². The van der Waals surface area contributed by atoms with Crippen molar-refractivity contribution < 1.29 is 4.79 Å². The van der Waals surface area contributed by atoms with Crippen LogP contribution >= 0.6 is 11.3 Å². The van der Waals surface area contributed by atoms with Crippen LogP contribution in [0, 0.1) is 0 Å². The van der Waals surface area contributed by atoms with Gasteiger partial charge in [-0.3, -0.25) is 10.00 Å². The number of benzene rings is 1. The van der Waals surface area contributed by atoms with Gasteiger partial charge in [-0.15, -0.1) is 10.2 Å². The van der Waals surface area contributed by atoms with Crippen molar-refractivity contribution in [2.45, 2.75) is 12.8 Å². The SMILES string of the molecule is Cn1cc(CCNC(=O)Nc2nnc(Cc3ccccc3)s2)cn1. The Hall–Kier alpha value is -2.74. The Labute approximate surface area is 143 Å². The molecule has 3 rings (SSSR count). The lowest BCUT2D eigenvalue weighted by Crippen LogP contribution is -2.30. The highest BCUT2D eigenvalue weighted by atomic mass is 32.1. The van der Waals surface area contributed by atoms with Gasteiger partial charge in [-0.05, 0) is 17.5 Å². The summed E-state index contributed by atoms with van der Waals surface area (Å²) in [7, 11) is 1.87. The highest BCUT2D eigenvalue weighted by molar-refractivity contribution is 7.15. The maximum absolute atomic E-state index is 11.9. The number of anilines is 1. The van der Waals surface area contributed by atoms with Gasteiger partial charge in [-0.2, -0.15) is 5.10 Å². The highest BCUT2D eigenvalue weighted by Crippen LogP contribution is 2.18. The van der Waals surface area contributed by atoms with Gasteiger partial charge in [0.2, 0.25) is 5.13 Å². The van der Waals surface area contributed by atoms with Crippen LogP contribution in [0.3, 0.4) is 0 Å². The average Bonchev–Trinajstić information content (AvgIpc) is 3.17. The standard InChI is InChI=1S/C16H18N6OS/c1-22-11-13(10-18-22)7-8-17-15(23)19-16-21-20-14(24-16)9-12-5-3-2-4-6-12/h2-6,10-11H,7-9H2,1H3,(H2,17,19,21,23). The van der Waals surface area contributed by atoms with Gasteiger partial charge in [0.1, 0.15) is 5.01 Å². The predicted octanol–water partition coefficient (Wildman–Crippen LogP) is 2.23. The molecular formula is C16H18N6OS. The number of carbonyl (C=O) groups excluding carboxylic acids is 1. The molecule has 7 nitrogen and oxygen atoms in total. The molecule has 0 unspecified atom stereocenters. The molecule has 0 saturated heterocycles. The van der Waals surface area contributed by atoms with Gasteiger partial charge in [-0.25, -0.2) is 4.79 Å². The molecule has 0 spiro atoms. The first-order chi connectivity index (χ1) is 11.7. The second-order valence-corrected chi connectivity index (χ2v) is 6.38. The van der Waals surface area contributed by atoms with Gasteiger partial charge >= 0.3 is 6.03 Å². The first kappa shape index (κ1) is 16.1. The number of rotatable bonds is 6. The molecule has 1 aromatic carbocycles. The maximum Gasteiger partial charge on any atom is 0.321 e. The van der Waals surface area contributed by atoms with E-state index in [4.69, 9.17) is 0 Å². The number of nitrogens with zero attached hydrogens (tertiary/aromatic N) is 4. The molecule has 0 aliphatic carbocycles. The molecule has 3 aromatic rings. The summed E-state index contributed by atoms with van der Waals surface area (Å²) in [4.78, 5) is 11.9. The van der Waals surface area contributed by atoms with E-state index in [1.807, 2.05) is 43.6 Å². The third-order valence-electron chi connectivity index (χ3n) is 3.34. The molecule has 0 aliphatic rings. The van der Waals surface area contributed by atoms with Crippen LogP contribution in [0.4, 0.5) is 9.93 Å². The predicted molar refractivity (Wildman–Crippen MR) is 93.1 cm³/mol. The smallest absolute Gasteiger partial charge is 0.321 e. The number of hydrogen-bond donors (Lipinski definition) is 2. The van der Waals surface area contributed by atoms with E-state index in [1.54, 1.807) is 10.9 Å². The zero-order chi connectivity index (χ0) is 16.8. The van der Waals surface area contributed by atoms with E-state index in [2.05, 4.69) is 25.9 Å². The molecule has 0 aliphatic heterocycles. The van der Waals surface area contributed by atoms with E-state index in [1.165, 1.54) is 16.9 Å². The van der Waals surface area contributed by atoms with Gasteiger partial charge in [0.05, 0.1) is 6.20 Å². The second-order valence-electron chi connectivity index (χ2n) is 5.32. The number of aryl methyl sites for hydroxylation is 1. The minimum Gasteiger partial charge on any atom is -0.337 e. The lowest BCUT2D eigenvalue weighted by Gasteiger charge is -2.03. The summed E-state index contributed by atoms with van der Waals surface area (Å²) >= 11 is 1.38. The van der Waals surface area contributed by atoms with E-state index in [0.717, 1.165) is 17.0 Å². The molecule has 124 valence electrons.